The van der Waals surface area contributed by atoms with E-state index in [1.807, 2.05) is 24.3 Å². The molecular weight excluding hydrogens is 366 g/mol. The van der Waals surface area contributed by atoms with Gasteiger partial charge in [0.1, 0.15) is 0 Å². The lowest BCUT2D eigenvalue weighted by Gasteiger charge is -2.26. The monoisotopic (exact) mass is 385 g/mol. The molecule has 1 aliphatic rings. The van der Waals surface area contributed by atoms with Gasteiger partial charge in [0.15, 0.2) is 17.0 Å². The van der Waals surface area contributed by atoms with Crippen molar-refractivity contribution in [2.45, 2.75) is 0 Å². The molecule has 8 nitrogen and oxygen atoms in total. The van der Waals surface area contributed by atoms with Crippen molar-refractivity contribution in [3.8, 4) is 0 Å². The largest absolute Gasteiger partial charge is 0.379 e. The maximum atomic E-state index is 5.96. The third-order valence-electron chi connectivity index (χ3n) is 4.25. The van der Waals surface area contributed by atoms with Crippen LogP contribution in [0.5, 0.6) is 0 Å². The molecule has 0 saturated carbocycles. The molecule has 0 bridgehead atoms. The Morgan fingerprint density at radius 2 is 1.81 bits per heavy atom. The second-order valence-electron chi connectivity index (χ2n) is 6.14. The second kappa shape index (κ2) is 8.43. The molecule has 2 aromatic heterocycles. The highest BCUT2D eigenvalue weighted by molar-refractivity contribution is 6.30. The van der Waals surface area contributed by atoms with Crippen LogP contribution in [0.4, 0.5) is 17.5 Å². The van der Waals surface area contributed by atoms with Crippen LogP contribution in [-0.2, 0) is 4.74 Å². The topological polar surface area (TPSA) is 88.1 Å². The molecule has 1 fully saturated rings. The zero-order chi connectivity index (χ0) is 18.5. The molecule has 0 radical (unpaired) electrons. The van der Waals surface area contributed by atoms with Crippen molar-refractivity contribution in [3.05, 3.63) is 41.7 Å². The number of aromatic nitrogens is 4. The van der Waals surface area contributed by atoms with Crippen molar-refractivity contribution >= 4 is 40.2 Å². The smallest absolute Gasteiger partial charge is 0.226 e. The van der Waals surface area contributed by atoms with Gasteiger partial charge in [0.2, 0.25) is 5.95 Å². The summed E-state index contributed by atoms with van der Waals surface area (Å²) in [5.74, 6) is 1.12. The molecule has 0 aliphatic carbocycles. The van der Waals surface area contributed by atoms with Crippen LogP contribution in [0.15, 0.2) is 36.7 Å². The third kappa shape index (κ3) is 4.60. The van der Waals surface area contributed by atoms with E-state index in [2.05, 4.69) is 35.5 Å². The highest BCUT2D eigenvalue weighted by Crippen LogP contribution is 2.23. The van der Waals surface area contributed by atoms with Crippen LogP contribution >= 0.6 is 11.6 Å². The zero-order valence-corrected chi connectivity index (χ0v) is 15.5. The molecule has 0 atom stereocenters. The van der Waals surface area contributed by atoms with Crippen LogP contribution in [0.2, 0.25) is 5.02 Å². The van der Waals surface area contributed by atoms with E-state index in [0.717, 1.165) is 45.1 Å². The summed E-state index contributed by atoms with van der Waals surface area (Å²) < 4.78 is 5.37. The molecule has 1 aromatic carbocycles. The first-order valence-electron chi connectivity index (χ1n) is 8.83. The van der Waals surface area contributed by atoms with E-state index in [9.17, 15) is 0 Å². The second-order valence-corrected chi connectivity index (χ2v) is 6.57. The number of hydrogen-bond donors (Lipinski definition) is 2. The van der Waals surface area contributed by atoms with E-state index in [1.165, 1.54) is 0 Å². The quantitative estimate of drug-likeness (QED) is 0.669. The van der Waals surface area contributed by atoms with Gasteiger partial charge in [-0.2, -0.15) is 9.97 Å². The van der Waals surface area contributed by atoms with E-state index in [-0.39, 0.29) is 0 Å². The summed E-state index contributed by atoms with van der Waals surface area (Å²) in [6.07, 6.45) is 3.25. The first-order chi connectivity index (χ1) is 13.3. The Labute approximate surface area is 162 Å². The number of anilines is 3. The molecule has 140 valence electrons. The highest BCUT2D eigenvalue weighted by Gasteiger charge is 2.12. The molecule has 9 heteroatoms. The first-order valence-corrected chi connectivity index (χ1v) is 9.21. The number of benzene rings is 1. The molecule has 0 amide bonds. The van der Waals surface area contributed by atoms with Gasteiger partial charge in [0.25, 0.3) is 0 Å². The molecule has 0 spiro atoms. The average molecular weight is 386 g/mol. The van der Waals surface area contributed by atoms with Gasteiger partial charge in [0.05, 0.1) is 13.2 Å². The van der Waals surface area contributed by atoms with Crippen molar-refractivity contribution in [1.29, 1.82) is 0 Å². The van der Waals surface area contributed by atoms with Crippen molar-refractivity contribution in [2.24, 2.45) is 0 Å². The molecule has 3 aromatic rings. The van der Waals surface area contributed by atoms with Gasteiger partial charge in [-0.05, 0) is 24.3 Å². The number of morpholine rings is 1. The number of nitrogens with zero attached hydrogens (tertiary/aromatic N) is 5. The minimum absolute atomic E-state index is 0.521. The van der Waals surface area contributed by atoms with E-state index >= 15 is 0 Å². The summed E-state index contributed by atoms with van der Waals surface area (Å²) in [4.78, 5) is 20.1. The third-order valence-corrected chi connectivity index (χ3v) is 4.51. The fourth-order valence-corrected chi connectivity index (χ4v) is 2.98. The van der Waals surface area contributed by atoms with Gasteiger partial charge >= 0.3 is 0 Å². The van der Waals surface area contributed by atoms with Crippen molar-refractivity contribution in [3.63, 3.8) is 0 Å². The first kappa shape index (κ1) is 17.8. The summed E-state index contributed by atoms with van der Waals surface area (Å²) in [5.41, 5.74) is 2.02. The van der Waals surface area contributed by atoms with Gasteiger partial charge in [-0.3, -0.25) is 4.90 Å². The van der Waals surface area contributed by atoms with E-state index in [0.29, 0.717) is 28.0 Å². The lowest BCUT2D eigenvalue weighted by atomic mass is 10.3. The van der Waals surface area contributed by atoms with Gasteiger partial charge in [0, 0.05) is 49.3 Å². The van der Waals surface area contributed by atoms with Crippen LogP contribution in [0.25, 0.3) is 11.2 Å². The van der Waals surface area contributed by atoms with E-state index in [4.69, 9.17) is 16.3 Å². The maximum absolute atomic E-state index is 5.96. The number of fused-ring (bicyclic) bond motifs is 1. The normalized spacial score (nSPS) is 15.0. The van der Waals surface area contributed by atoms with Crippen LogP contribution < -0.4 is 10.6 Å². The molecule has 2 N–H and O–H groups in total. The highest BCUT2D eigenvalue weighted by atomic mass is 35.5. The Bertz CT molecular complexity index is 900. The maximum Gasteiger partial charge on any atom is 0.226 e. The van der Waals surface area contributed by atoms with Crippen molar-refractivity contribution in [1.82, 2.24) is 24.8 Å². The van der Waals surface area contributed by atoms with Gasteiger partial charge < -0.3 is 15.4 Å². The standard InChI is InChI=1S/C18H20ClN7O/c19-13-1-3-14(4-2-13)23-17-15-16(21-6-5-20-15)24-18(25-17)22-7-8-26-9-11-27-12-10-26/h1-6H,7-12H2,(H2,21,22,23,24,25). The lowest BCUT2D eigenvalue weighted by molar-refractivity contribution is 0.0398. The molecule has 3 heterocycles. The number of halogens is 1. The van der Waals surface area contributed by atoms with Gasteiger partial charge in [-0.1, -0.05) is 11.6 Å². The fourth-order valence-electron chi connectivity index (χ4n) is 2.85. The summed E-state index contributed by atoms with van der Waals surface area (Å²) in [6.45, 7) is 5.13. The molecule has 0 unspecified atom stereocenters. The Kier molecular flexibility index (Phi) is 5.57. The van der Waals surface area contributed by atoms with E-state index in [1.54, 1.807) is 12.4 Å². The van der Waals surface area contributed by atoms with Crippen LogP contribution in [0.1, 0.15) is 0 Å². The Hall–Kier alpha value is -2.55. The summed E-state index contributed by atoms with van der Waals surface area (Å²) in [6, 6.07) is 7.41. The molecule has 1 aliphatic heterocycles. The van der Waals surface area contributed by atoms with Crippen molar-refractivity contribution in [2.75, 3.05) is 50.0 Å². The molecule has 4 rings (SSSR count). The van der Waals surface area contributed by atoms with Gasteiger partial charge in [-0.15, -0.1) is 0 Å². The average Bonchev–Trinajstić information content (AvgIpc) is 2.71. The van der Waals surface area contributed by atoms with Crippen LogP contribution in [-0.4, -0.2) is 64.2 Å². The van der Waals surface area contributed by atoms with E-state index < -0.39 is 0 Å². The Balaban J connectivity index is 1.51. The van der Waals surface area contributed by atoms with Crippen LogP contribution in [0.3, 0.4) is 0 Å². The van der Waals surface area contributed by atoms with Crippen molar-refractivity contribution < 1.29 is 4.74 Å². The minimum atomic E-state index is 0.521. The Morgan fingerprint density at radius 1 is 1.04 bits per heavy atom. The predicted molar refractivity (Wildman–Crippen MR) is 106 cm³/mol. The SMILES string of the molecule is Clc1ccc(Nc2nc(NCCN3CCOCC3)nc3nccnc23)cc1. The summed E-state index contributed by atoms with van der Waals surface area (Å²) >= 11 is 5.96. The number of nitrogens with one attached hydrogen (secondary N) is 2. The minimum Gasteiger partial charge on any atom is -0.379 e. The van der Waals surface area contributed by atoms with Crippen LogP contribution in [0, 0.1) is 0 Å². The lowest BCUT2D eigenvalue weighted by Crippen LogP contribution is -2.39. The summed E-state index contributed by atoms with van der Waals surface area (Å²) in [5, 5.41) is 7.24. The number of rotatable bonds is 6. The summed E-state index contributed by atoms with van der Waals surface area (Å²) in [7, 11) is 0. The molecule has 1 saturated heterocycles. The van der Waals surface area contributed by atoms with Gasteiger partial charge in [-0.25, -0.2) is 9.97 Å². The molecular formula is C18H20ClN7O. The number of hydrogen-bond acceptors (Lipinski definition) is 8. The predicted octanol–water partition coefficient (Wildman–Crippen LogP) is 2.56. The zero-order valence-electron chi connectivity index (χ0n) is 14.7. The molecule has 27 heavy (non-hydrogen) atoms. The fraction of sp³-hybridized carbons (Fsp3) is 0.333. The Morgan fingerprint density at radius 3 is 2.63 bits per heavy atom. The number of ether oxygens (including phenoxy) is 1.